The smallest absolute Gasteiger partial charge is 0.338 e. The molecule has 0 saturated carbocycles. The number of carbonyl (C=O) groups is 1. The number of methoxy groups -OCH3 is 1. The van der Waals surface area contributed by atoms with Crippen LogP contribution >= 0.6 is 0 Å². The number of hydrogen-bond donors (Lipinski definition) is 0. The first-order valence-corrected chi connectivity index (χ1v) is 8.25. The molecule has 2 aromatic carbocycles. The Morgan fingerprint density at radius 1 is 0.926 bits per heavy atom. The second-order valence-electron chi connectivity index (χ2n) is 5.70. The Morgan fingerprint density at radius 2 is 1.56 bits per heavy atom. The molecule has 5 nitrogen and oxygen atoms in total. The SMILES string of the molecule is C=C(C)C(=O)O/C=C\Oc1ccc(-c2ccc(O/C=C\OC)cc2)c(C)c1. The Morgan fingerprint density at radius 3 is 2.19 bits per heavy atom. The zero-order chi connectivity index (χ0) is 19.6. The van der Waals surface area contributed by atoms with Crippen molar-refractivity contribution in [3.63, 3.8) is 0 Å². The first kappa shape index (κ1) is 19.8. The second-order valence-corrected chi connectivity index (χ2v) is 5.70. The van der Waals surface area contributed by atoms with E-state index < -0.39 is 5.97 Å². The number of esters is 1. The van der Waals surface area contributed by atoms with Gasteiger partial charge < -0.3 is 18.9 Å². The minimum atomic E-state index is -0.494. The second kappa shape index (κ2) is 9.87. The maximum Gasteiger partial charge on any atom is 0.338 e. The summed E-state index contributed by atoms with van der Waals surface area (Å²) in [6.45, 7) is 7.08. The summed E-state index contributed by atoms with van der Waals surface area (Å²) in [5.74, 6) is 0.870. The summed E-state index contributed by atoms with van der Waals surface area (Å²) in [5, 5.41) is 0. The monoisotopic (exact) mass is 366 g/mol. The number of aryl methyl sites for hydroxylation is 1. The van der Waals surface area contributed by atoms with Crippen LogP contribution in [0.25, 0.3) is 11.1 Å². The molecule has 0 saturated heterocycles. The highest BCUT2D eigenvalue weighted by molar-refractivity contribution is 5.87. The summed E-state index contributed by atoms with van der Waals surface area (Å²) in [7, 11) is 1.56. The van der Waals surface area contributed by atoms with Crippen molar-refractivity contribution in [1.29, 1.82) is 0 Å². The minimum Gasteiger partial charge on any atom is -0.501 e. The maximum absolute atomic E-state index is 11.3. The lowest BCUT2D eigenvalue weighted by Crippen LogP contribution is -1.99. The first-order valence-electron chi connectivity index (χ1n) is 8.25. The highest BCUT2D eigenvalue weighted by atomic mass is 16.5. The van der Waals surface area contributed by atoms with Crippen LogP contribution in [0.3, 0.4) is 0 Å². The molecule has 0 unspecified atom stereocenters. The van der Waals surface area contributed by atoms with E-state index >= 15 is 0 Å². The molecule has 0 aliphatic heterocycles. The van der Waals surface area contributed by atoms with Crippen LogP contribution in [0.5, 0.6) is 11.5 Å². The molecule has 0 spiro atoms. The van der Waals surface area contributed by atoms with E-state index in [1.54, 1.807) is 14.0 Å². The molecule has 2 rings (SSSR count). The van der Waals surface area contributed by atoms with E-state index in [1.807, 2.05) is 49.4 Å². The van der Waals surface area contributed by atoms with Gasteiger partial charge in [-0.2, -0.15) is 0 Å². The van der Waals surface area contributed by atoms with Crippen molar-refractivity contribution in [1.82, 2.24) is 0 Å². The lowest BCUT2D eigenvalue weighted by Gasteiger charge is -2.09. The van der Waals surface area contributed by atoms with Crippen LogP contribution in [0.2, 0.25) is 0 Å². The minimum absolute atomic E-state index is 0.325. The van der Waals surface area contributed by atoms with Crippen molar-refractivity contribution in [2.45, 2.75) is 13.8 Å². The Balaban J connectivity index is 2.01. The van der Waals surface area contributed by atoms with Crippen LogP contribution in [0, 0.1) is 6.92 Å². The molecule has 0 atom stereocenters. The molecular weight excluding hydrogens is 344 g/mol. The molecule has 0 heterocycles. The molecule has 0 radical (unpaired) electrons. The fourth-order valence-corrected chi connectivity index (χ4v) is 2.20. The Hall–Kier alpha value is -3.47. The predicted molar refractivity (Wildman–Crippen MR) is 104 cm³/mol. The van der Waals surface area contributed by atoms with Gasteiger partial charge in [0.1, 0.15) is 36.5 Å². The van der Waals surface area contributed by atoms with Crippen LogP contribution < -0.4 is 9.47 Å². The van der Waals surface area contributed by atoms with Crippen LogP contribution in [0.4, 0.5) is 0 Å². The predicted octanol–water partition coefficient (Wildman–Crippen LogP) is 5.13. The summed E-state index contributed by atoms with van der Waals surface area (Å²) in [5.41, 5.74) is 3.52. The van der Waals surface area contributed by atoms with Crippen LogP contribution in [0.1, 0.15) is 12.5 Å². The molecule has 2 aromatic rings. The quantitative estimate of drug-likeness (QED) is 0.368. The summed E-state index contributed by atoms with van der Waals surface area (Å²) in [6, 6.07) is 13.5. The van der Waals surface area contributed by atoms with Gasteiger partial charge in [0.05, 0.1) is 7.11 Å². The van der Waals surface area contributed by atoms with Crippen LogP contribution in [0.15, 0.2) is 79.7 Å². The molecular formula is C22H22O5. The highest BCUT2D eigenvalue weighted by Gasteiger charge is 2.04. The van der Waals surface area contributed by atoms with Gasteiger partial charge in [-0.05, 0) is 54.8 Å². The van der Waals surface area contributed by atoms with E-state index in [2.05, 4.69) is 6.58 Å². The average Bonchev–Trinajstić information content (AvgIpc) is 2.66. The fourth-order valence-electron chi connectivity index (χ4n) is 2.20. The van der Waals surface area contributed by atoms with Gasteiger partial charge in [0.2, 0.25) is 0 Å². The molecule has 0 fully saturated rings. The summed E-state index contributed by atoms with van der Waals surface area (Å²) < 4.78 is 20.5. The lowest BCUT2D eigenvalue weighted by atomic mass is 10.0. The van der Waals surface area contributed by atoms with Gasteiger partial charge in [-0.25, -0.2) is 4.79 Å². The van der Waals surface area contributed by atoms with Crippen molar-refractivity contribution in [3.8, 4) is 22.6 Å². The molecule has 0 aliphatic carbocycles. The third-order valence-electron chi connectivity index (χ3n) is 3.54. The van der Waals surface area contributed by atoms with E-state index in [4.69, 9.17) is 18.9 Å². The molecule has 5 heteroatoms. The van der Waals surface area contributed by atoms with Crippen molar-refractivity contribution < 1.29 is 23.7 Å². The number of benzene rings is 2. The molecule has 27 heavy (non-hydrogen) atoms. The van der Waals surface area contributed by atoms with E-state index in [0.29, 0.717) is 11.3 Å². The molecule has 0 amide bonds. The van der Waals surface area contributed by atoms with E-state index in [0.717, 1.165) is 22.4 Å². The Labute approximate surface area is 159 Å². The van der Waals surface area contributed by atoms with E-state index in [-0.39, 0.29) is 0 Å². The zero-order valence-corrected chi connectivity index (χ0v) is 15.6. The van der Waals surface area contributed by atoms with Crippen molar-refractivity contribution >= 4 is 5.97 Å². The standard InChI is InChI=1S/C22H22O5/c1-16(2)22(23)27-14-13-26-20-9-10-21(17(3)15-20)18-5-7-19(8-6-18)25-12-11-24-4/h5-15H,1H2,2-4H3/b12-11-,14-13-. The Bertz CT molecular complexity index is 848. The lowest BCUT2D eigenvalue weighted by molar-refractivity contribution is -0.133. The zero-order valence-electron chi connectivity index (χ0n) is 15.6. The first-order chi connectivity index (χ1) is 13.0. The van der Waals surface area contributed by atoms with Crippen LogP contribution in [-0.4, -0.2) is 13.1 Å². The number of ether oxygens (including phenoxy) is 4. The van der Waals surface area contributed by atoms with Crippen molar-refractivity contribution in [2.75, 3.05) is 7.11 Å². The number of rotatable bonds is 8. The molecule has 0 bridgehead atoms. The van der Waals surface area contributed by atoms with Crippen LogP contribution in [-0.2, 0) is 14.3 Å². The summed E-state index contributed by atoms with van der Waals surface area (Å²) in [6.07, 6.45) is 5.45. The van der Waals surface area contributed by atoms with E-state index in [9.17, 15) is 4.79 Å². The number of carbonyl (C=O) groups excluding carboxylic acids is 1. The maximum atomic E-state index is 11.3. The van der Waals surface area contributed by atoms with Crippen molar-refractivity contribution in [3.05, 3.63) is 85.2 Å². The Kier molecular flexibility index (Phi) is 7.26. The number of hydrogen-bond acceptors (Lipinski definition) is 5. The van der Waals surface area contributed by atoms with E-state index in [1.165, 1.54) is 25.0 Å². The normalized spacial score (nSPS) is 10.8. The highest BCUT2D eigenvalue weighted by Crippen LogP contribution is 2.28. The van der Waals surface area contributed by atoms with Gasteiger partial charge in [-0.3, -0.25) is 0 Å². The van der Waals surface area contributed by atoms with Gasteiger partial charge in [0.15, 0.2) is 0 Å². The van der Waals surface area contributed by atoms with Gasteiger partial charge in [-0.15, -0.1) is 0 Å². The molecule has 140 valence electrons. The fraction of sp³-hybridized carbons (Fsp3) is 0.136. The average molecular weight is 366 g/mol. The van der Waals surface area contributed by atoms with Gasteiger partial charge >= 0.3 is 5.97 Å². The van der Waals surface area contributed by atoms with Crippen molar-refractivity contribution in [2.24, 2.45) is 0 Å². The largest absolute Gasteiger partial charge is 0.501 e. The van der Waals surface area contributed by atoms with Gasteiger partial charge in [0.25, 0.3) is 0 Å². The third kappa shape index (κ3) is 6.08. The van der Waals surface area contributed by atoms with Gasteiger partial charge in [0, 0.05) is 5.57 Å². The molecule has 0 aromatic heterocycles. The summed E-state index contributed by atoms with van der Waals surface area (Å²) >= 11 is 0. The molecule has 0 N–H and O–H groups in total. The summed E-state index contributed by atoms with van der Waals surface area (Å²) in [4.78, 5) is 11.3. The van der Waals surface area contributed by atoms with Gasteiger partial charge in [-0.1, -0.05) is 24.8 Å². The topological polar surface area (TPSA) is 54.0 Å². The molecule has 0 aliphatic rings. The third-order valence-corrected chi connectivity index (χ3v) is 3.54.